The van der Waals surface area contributed by atoms with Gasteiger partial charge in [-0.3, -0.25) is 9.69 Å². The first kappa shape index (κ1) is 23.4. The van der Waals surface area contributed by atoms with Gasteiger partial charge in [0.15, 0.2) is 5.82 Å². The van der Waals surface area contributed by atoms with Crippen LogP contribution in [0.25, 0.3) is 5.82 Å². The molecule has 1 saturated heterocycles. The summed E-state index contributed by atoms with van der Waals surface area (Å²) in [4.78, 5) is 22.8. The number of amides is 1. The summed E-state index contributed by atoms with van der Waals surface area (Å²) in [5.41, 5.74) is 0.295. The Morgan fingerprint density at radius 3 is 2.45 bits per heavy atom. The van der Waals surface area contributed by atoms with Gasteiger partial charge in [-0.25, -0.2) is 9.67 Å². The van der Waals surface area contributed by atoms with Crippen molar-refractivity contribution in [3.8, 4) is 5.82 Å². The average molecular weight is 478 g/mol. The molecular weight excluding hydrogens is 451 g/mol. The quantitative estimate of drug-likeness (QED) is 0.526. The zero-order valence-corrected chi connectivity index (χ0v) is 19.4. The van der Waals surface area contributed by atoms with Gasteiger partial charge in [0.25, 0.3) is 5.91 Å². The number of carbonyl (C=O) groups is 1. The predicted octanol–water partition coefficient (Wildman–Crippen LogP) is 4.47. The SMILES string of the molecule is CC(C)c1c(C(=O)N2CCN(CCc3cccs3)CC2)cnn1-c1ccc(C(F)(F)F)cn1. The molecule has 1 amide bonds. The number of nitrogens with zero attached hydrogens (tertiary/aromatic N) is 5. The molecule has 3 aromatic heterocycles. The van der Waals surface area contributed by atoms with Crippen LogP contribution in [0.3, 0.4) is 0 Å². The highest BCUT2D eigenvalue weighted by Gasteiger charge is 2.31. The van der Waals surface area contributed by atoms with Gasteiger partial charge in [-0.2, -0.15) is 18.3 Å². The first-order valence-corrected chi connectivity index (χ1v) is 11.8. The molecule has 0 radical (unpaired) electrons. The van der Waals surface area contributed by atoms with Crippen LogP contribution in [0.2, 0.25) is 0 Å². The Balaban J connectivity index is 1.45. The van der Waals surface area contributed by atoms with E-state index in [-0.39, 0.29) is 17.6 Å². The van der Waals surface area contributed by atoms with Gasteiger partial charge in [-0.05, 0) is 35.9 Å². The zero-order chi connectivity index (χ0) is 23.6. The van der Waals surface area contributed by atoms with Gasteiger partial charge in [0.1, 0.15) is 0 Å². The summed E-state index contributed by atoms with van der Waals surface area (Å²) >= 11 is 1.76. The van der Waals surface area contributed by atoms with Crippen molar-refractivity contribution < 1.29 is 18.0 Å². The van der Waals surface area contributed by atoms with E-state index in [1.165, 1.54) is 21.8 Å². The lowest BCUT2D eigenvalue weighted by atomic mass is 10.0. The molecule has 1 fully saturated rings. The van der Waals surface area contributed by atoms with Crippen molar-refractivity contribution in [3.05, 3.63) is 63.7 Å². The van der Waals surface area contributed by atoms with Crippen LogP contribution >= 0.6 is 11.3 Å². The average Bonchev–Trinajstić information content (AvgIpc) is 3.47. The van der Waals surface area contributed by atoms with Crippen molar-refractivity contribution in [2.75, 3.05) is 32.7 Å². The number of pyridine rings is 1. The molecule has 0 saturated carbocycles. The van der Waals surface area contributed by atoms with E-state index in [1.54, 1.807) is 11.3 Å². The van der Waals surface area contributed by atoms with Crippen molar-refractivity contribution in [3.63, 3.8) is 0 Å². The first-order chi connectivity index (χ1) is 15.7. The normalized spacial score (nSPS) is 15.4. The Morgan fingerprint density at radius 2 is 1.88 bits per heavy atom. The summed E-state index contributed by atoms with van der Waals surface area (Å²) in [6.45, 7) is 7.70. The van der Waals surface area contributed by atoms with Crippen LogP contribution in [0.15, 0.2) is 42.0 Å². The number of hydrogen-bond donors (Lipinski definition) is 0. The minimum Gasteiger partial charge on any atom is -0.336 e. The van der Waals surface area contributed by atoms with Crippen LogP contribution in [0.5, 0.6) is 0 Å². The minimum atomic E-state index is -4.45. The standard InChI is InChI=1S/C23H26F3N5OS/c1-16(2)21-19(15-28-31(21)20-6-5-17(14-27-20)23(24,25)26)22(32)30-11-9-29(10-12-30)8-7-18-4-3-13-33-18/h3-6,13-16H,7-12H2,1-2H3. The van der Waals surface area contributed by atoms with E-state index < -0.39 is 11.7 Å². The van der Waals surface area contributed by atoms with Crippen LogP contribution in [0.4, 0.5) is 13.2 Å². The van der Waals surface area contributed by atoms with E-state index in [1.807, 2.05) is 18.7 Å². The molecule has 0 aromatic carbocycles. The number of alkyl halides is 3. The van der Waals surface area contributed by atoms with Crippen molar-refractivity contribution >= 4 is 17.2 Å². The Bertz CT molecular complexity index is 1070. The maximum atomic E-state index is 13.3. The van der Waals surface area contributed by atoms with E-state index in [0.717, 1.165) is 38.3 Å². The van der Waals surface area contributed by atoms with Crippen molar-refractivity contribution in [1.82, 2.24) is 24.6 Å². The molecular formula is C23H26F3N5OS. The number of halogens is 3. The summed E-state index contributed by atoms with van der Waals surface area (Å²) < 4.78 is 40.1. The molecule has 33 heavy (non-hydrogen) atoms. The largest absolute Gasteiger partial charge is 0.417 e. The molecule has 0 N–H and O–H groups in total. The predicted molar refractivity (Wildman–Crippen MR) is 121 cm³/mol. The number of carbonyl (C=O) groups excluding carboxylic acids is 1. The fraction of sp³-hybridized carbons (Fsp3) is 0.435. The van der Waals surface area contributed by atoms with E-state index in [0.29, 0.717) is 24.3 Å². The first-order valence-electron chi connectivity index (χ1n) is 10.9. The van der Waals surface area contributed by atoms with Gasteiger partial charge in [0, 0.05) is 43.8 Å². The third-order valence-electron chi connectivity index (χ3n) is 5.79. The second kappa shape index (κ2) is 9.64. The maximum absolute atomic E-state index is 13.3. The molecule has 1 aliphatic heterocycles. The number of rotatable bonds is 6. The highest BCUT2D eigenvalue weighted by Crippen LogP contribution is 2.30. The molecule has 4 heterocycles. The van der Waals surface area contributed by atoms with Gasteiger partial charge in [-0.15, -0.1) is 11.3 Å². The van der Waals surface area contributed by atoms with Crippen LogP contribution in [0, 0.1) is 0 Å². The Morgan fingerprint density at radius 1 is 1.12 bits per heavy atom. The van der Waals surface area contributed by atoms with Gasteiger partial charge >= 0.3 is 6.18 Å². The lowest BCUT2D eigenvalue weighted by Gasteiger charge is -2.34. The van der Waals surface area contributed by atoms with Crippen LogP contribution in [-0.2, 0) is 12.6 Å². The van der Waals surface area contributed by atoms with Gasteiger partial charge in [0.05, 0.1) is 23.0 Å². The van der Waals surface area contributed by atoms with Crippen molar-refractivity contribution in [2.45, 2.75) is 32.4 Å². The third kappa shape index (κ3) is 5.27. The number of piperazine rings is 1. The van der Waals surface area contributed by atoms with Gasteiger partial charge < -0.3 is 4.90 Å². The summed E-state index contributed by atoms with van der Waals surface area (Å²) in [6.07, 6.45) is -1.15. The molecule has 0 spiro atoms. The topological polar surface area (TPSA) is 54.3 Å². The second-order valence-corrected chi connectivity index (χ2v) is 9.41. The highest BCUT2D eigenvalue weighted by molar-refractivity contribution is 7.09. The highest BCUT2D eigenvalue weighted by atomic mass is 32.1. The number of thiophene rings is 1. The number of aromatic nitrogens is 3. The van der Waals surface area contributed by atoms with Crippen LogP contribution in [-0.4, -0.2) is 63.2 Å². The molecule has 4 rings (SSSR count). The lowest BCUT2D eigenvalue weighted by molar-refractivity contribution is -0.137. The Labute approximate surface area is 194 Å². The van der Waals surface area contributed by atoms with E-state index >= 15 is 0 Å². The van der Waals surface area contributed by atoms with Gasteiger partial charge in [-0.1, -0.05) is 19.9 Å². The molecule has 6 nitrogen and oxygen atoms in total. The van der Waals surface area contributed by atoms with Crippen molar-refractivity contribution in [1.29, 1.82) is 0 Å². The summed E-state index contributed by atoms with van der Waals surface area (Å²) in [5, 5.41) is 6.39. The lowest BCUT2D eigenvalue weighted by Crippen LogP contribution is -2.49. The monoisotopic (exact) mass is 477 g/mol. The molecule has 0 unspecified atom stereocenters. The molecule has 176 valence electrons. The third-order valence-corrected chi connectivity index (χ3v) is 6.73. The van der Waals surface area contributed by atoms with Gasteiger partial charge in [0.2, 0.25) is 0 Å². The van der Waals surface area contributed by atoms with Crippen LogP contribution in [0.1, 0.15) is 46.3 Å². The molecule has 10 heteroatoms. The fourth-order valence-corrected chi connectivity index (χ4v) is 4.71. The zero-order valence-electron chi connectivity index (χ0n) is 18.5. The summed E-state index contributed by atoms with van der Waals surface area (Å²) in [7, 11) is 0. The smallest absolute Gasteiger partial charge is 0.336 e. The van der Waals surface area contributed by atoms with Crippen molar-refractivity contribution in [2.24, 2.45) is 0 Å². The minimum absolute atomic E-state index is 0.0670. The van der Waals surface area contributed by atoms with E-state index in [2.05, 4.69) is 32.5 Å². The van der Waals surface area contributed by atoms with E-state index in [9.17, 15) is 18.0 Å². The van der Waals surface area contributed by atoms with E-state index in [4.69, 9.17) is 0 Å². The maximum Gasteiger partial charge on any atom is 0.417 e. The molecule has 0 atom stereocenters. The Hall–Kier alpha value is -2.72. The molecule has 1 aliphatic rings. The number of hydrogen-bond acceptors (Lipinski definition) is 5. The fourth-order valence-electron chi connectivity index (χ4n) is 4.01. The summed E-state index contributed by atoms with van der Waals surface area (Å²) in [5.74, 6) is 0.0848. The molecule has 0 bridgehead atoms. The molecule has 0 aliphatic carbocycles. The second-order valence-electron chi connectivity index (χ2n) is 8.38. The van der Waals surface area contributed by atoms with Crippen LogP contribution < -0.4 is 0 Å². The summed E-state index contributed by atoms with van der Waals surface area (Å²) in [6, 6.07) is 6.46. The Kier molecular flexibility index (Phi) is 6.85. The molecule has 3 aromatic rings.